The molecule has 0 radical (unpaired) electrons. The van der Waals surface area contributed by atoms with E-state index >= 15 is 0 Å². The van der Waals surface area contributed by atoms with Crippen molar-refractivity contribution in [1.82, 2.24) is 0 Å². The standard InChI is InChI=1S/C4H9.CH2O2.ClH.Mg/c1-3-4-2;2-1-3;;/h1,3-4H2,2H3;1H,(H,2,3);1H;/q-1;;;+2/p-1. The zero-order chi connectivity index (χ0) is 6.12. The summed E-state index contributed by atoms with van der Waals surface area (Å²) in [6, 6.07) is 0. The molecular weight excluding hydrogens is 152 g/mol. The van der Waals surface area contributed by atoms with Gasteiger partial charge in [-0.3, -0.25) is 4.79 Å². The van der Waals surface area contributed by atoms with Gasteiger partial charge in [-0.1, -0.05) is 13.3 Å². The molecule has 2 nitrogen and oxygen atoms in total. The molecule has 0 aromatic rings. The molecule has 0 spiro atoms. The Morgan fingerprint density at radius 3 is 1.78 bits per heavy atom. The van der Waals surface area contributed by atoms with Crippen LogP contribution < -0.4 is 12.4 Å². The predicted octanol–water partition coefficient (Wildman–Crippen LogP) is -2.06. The number of hydrogen-bond donors (Lipinski definition) is 1. The van der Waals surface area contributed by atoms with Crippen molar-refractivity contribution in [2.24, 2.45) is 0 Å². The Morgan fingerprint density at radius 2 is 1.78 bits per heavy atom. The SMILES string of the molecule is O=CO.[CH2-]CCC.[Cl-].[Mg+2]. The van der Waals surface area contributed by atoms with Gasteiger partial charge in [-0.2, -0.15) is 6.42 Å². The van der Waals surface area contributed by atoms with Crippen molar-refractivity contribution in [3.8, 4) is 0 Å². The molecule has 0 saturated carbocycles. The third-order valence-electron chi connectivity index (χ3n) is 0.354. The van der Waals surface area contributed by atoms with Crippen LogP contribution in [0.15, 0.2) is 0 Å². The monoisotopic (exact) mass is 162 g/mol. The molecule has 0 atom stereocenters. The fourth-order valence-corrected chi connectivity index (χ4v) is 0. The van der Waals surface area contributed by atoms with Gasteiger partial charge in [-0.25, -0.2) is 0 Å². The van der Waals surface area contributed by atoms with Crippen molar-refractivity contribution in [3.63, 3.8) is 0 Å². The van der Waals surface area contributed by atoms with Crippen molar-refractivity contribution >= 4 is 29.5 Å². The topological polar surface area (TPSA) is 37.3 Å². The molecule has 0 bridgehead atoms. The van der Waals surface area contributed by atoms with Crippen LogP contribution in [0, 0.1) is 6.92 Å². The summed E-state index contributed by atoms with van der Waals surface area (Å²) in [5.74, 6) is 0. The number of carboxylic acid groups (broad SMARTS) is 1. The number of rotatable bonds is 1. The summed E-state index contributed by atoms with van der Waals surface area (Å²) in [6.45, 7) is 5.47. The number of carbonyl (C=O) groups is 1. The molecule has 52 valence electrons. The Bertz CT molecular complexity index is 34.1. The molecule has 0 rings (SSSR count). The Kier molecular flexibility index (Phi) is 97.9. The minimum absolute atomic E-state index is 0. The Morgan fingerprint density at radius 1 is 1.67 bits per heavy atom. The first-order chi connectivity index (χ1) is 3.33. The van der Waals surface area contributed by atoms with Crippen LogP contribution in [0.4, 0.5) is 0 Å². The van der Waals surface area contributed by atoms with Crippen molar-refractivity contribution in [1.29, 1.82) is 0 Å². The zero-order valence-electron chi connectivity index (χ0n) is 5.64. The molecule has 0 aliphatic rings. The molecular formula is C5H11ClMgO2. The number of halogens is 1. The summed E-state index contributed by atoms with van der Waals surface area (Å²) in [7, 11) is 0. The van der Waals surface area contributed by atoms with Crippen molar-refractivity contribution in [3.05, 3.63) is 6.92 Å². The molecule has 9 heavy (non-hydrogen) atoms. The van der Waals surface area contributed by atoms with E-state index in [2.05, 4.69) is 13.8 Å². The minimum Gasteiger partial charge on any atom is -1.00 e. The van der Waals surface area contributed by atoms with Crippen LogP contribution >= 0.6 is 0 Å². The summed E-state index contributed by atoms with van der Waals surface area (Å²) >= 11 is 0. The van der Waals surface area contributed by atoms with Crippen LogP contribution in [0.25, 0.3) is 0 Å². The van der Waals surface area contributed by atoms with Gasteiger partial charge in [0.25, 0.3) is 6.47 Å². The molecule has 0 aliphatic carbocycles. The van der Waals surface area contributed by atoms with Crippen molar-refractivity contribution in [2.45, 2.75) is 19.8 Å². The Balaban J connectivity index is -0.0000000233. The average Bonchev–Trinajstić information content (AvgIpc) is 1.69. The first-order valence-corrected chi connectivity index (χ1v) is 2.20. The van der Waals surface area contributed by atoms with E-state index < -0.39 is 0 Å². The van der Waals surface area contributed by atoms with Crippen LogP contribution in [0.1, 0.15) is 19.8 Å². The van der Waals surface area contributed by atoms with E-state index in [1.165, 1.54) is 6.42 Å². The number of hydrogen-bond acceptors (Lipinski definition) is 1. The maximum atomic E-state index is 8.36. The van der Waals surface area contributed by atoms with E-state index in [9.17, 15) is 0 Å². The summed E-state index contributed by atoms with van der Waals surface area (Å²) < 4.78 is 0. The maximum absolute atomic E-state index is 8.36. The first kappa shape index (κ1) is 22.7. The predicted molar refractivity (Wildman–Crippen MR) is 34.7 cm³/mol. The molecule has 0 unspecified atom stereocenters. The smallest absolute Gasteiger partial charge is 1.00 e. The second kappa shape index (κ2) is 38.8. The second-order valence-electron chi connectivity index (χ2n) is 0.959. The largest absolute Gasteiger partial charge is 2.00 e. The van der Waals surface area contributed by atoms with Crippen LogP contribution in [-0.2, 0) is 4.79 Å². The van der Waals surface area contributed by atoms with Gasteiger partial charge in [0.05, 0.1) is 0 Å². The van der Waals surface area contributed by atoms with E-state index in [0.717, 1.165) is 6.42 Å². The third-order valence-corrected chi connectivity index (χ3v) is 0.354. The summed E-state index contributed by atoms with van der Waals surface area (Å²) in [4.78, 5) is 8.36. The molecule has 0 aliphatic heterocycles. The summed E-state index contributed by atoms with van der Waals surface area (Å²) in [5, 5.41) is 6.89. The van der Waals surface area contributed by atoms with E-state index in [1.807, 2.05) is 0 Å². The van der Waals surface area contributed by atoms with Crippen LogP contribution in [0.5, 0.6) is 0 Å². The van der Waals surface area contributed by atoms with E-state index in [0.29, 0.717) is 0 Å². The van der Waals surface area contributed by atoms with E-state index in [1.54, 1.807) is 0 Å². The van der Waals surface area contributed by atoms with Gasteiger partial charge in [-0.05, 0) is 0 Å². The quantitative estimate of drug-likeness (QED) is 0.274. The summed E-state index contributed by atoms with van der Waals surface area (Å²) in [5.41, 5.74) is 0. The Labute approximate surface area is 78.6 Å². The summed E-state index contributed by atoms with van der Waals surface area (Å²) in [6.07, 6.45) is 2.28. The molecule has 0 aromatic heterocycles. The normalized spacial score (nSPS) is 4.67. The van der Waals surface area contributed by atoms with E-state index in [4.69, 9.17) is 9.90 Å². The average molecular weight is 163 g/mol. The second-order valence-corrected chi connectivity index (χ2v) is 0.959. The zero-order valence-corrected chi connectivity index (χ0v) is 7.81. The number of unbranched alkanes of at least 4 members (excludes halogenated alkanes) is 1. The van der Waals surface area contributed by atoms with Gasteiger partial charge in [0.2, 0.25) is 0 Å². The van der Waals surface area contributed by atoms with Gasteiger partial charge < -0.3 is 24.4 Å². The maximum Gasteiger partial charge on any atom is 2.00 e. The first-order valence-electron chi connectivity index (χ1n) is 2.20. The third kappa shape index (κ3) is 156. The fraction of sp³-hybridized carbons (Fsp3) is 0.600. The van der Waals surface area contributed by atoms with Gasteiger partial charge in [0.1, 0.15) is 0 Å². The molecule has 4 heteroatoms. The van der Waals surface area contributed by atoms with Crippen molar-refractivity contribution in [2.75, 3.05) is 0 Å². The van der Waals surface area contributed by atoms with Crippen LogP contribution in [0.3, 0.4) is 0 Å². The minimum atomic E-state index is -0.250. The molecule has 0 heterocycles. The molecule has 0 saturated heterocycles. The van der Waals surface area contributed by atoms with Crippen molar-refractivity contribution < 1.29 is 22.3 Å². The molecule has 0 amide bonds. The van der Waals surface area contributed by atoms with Crippen LogP contribution in [-0.4, -0.2) is 34.6 Å². The van der Waals surface area contributed by atoms with Crippen LogP contribution in [0.2, 0.25) is 0 Å². The van der Waals surface area contributed by atoms with Gasteiger partial charge in [-0.15, -0.1) is 0 Å². The Hall–Kier alpha value is 0.526. The van der Waals surface area contributed by atoms with Gasteiger partial charge in [0, 0.05) is 0 Å². The molecule has 1 N–H and O–H groups in total. The van der Waals surface area contributed by atoms with E-state index in [-0.39, 0.29) is 41.9 Å². The van der Waals surface area contributed by atoms with Gasteiger partial charge >= 0.3 is 23.1 Å². The molecule has 0 fully saturated rings. The molecule has 0 aromatic carbocycles. The fourth-order valence-electron chi connectivity index (χ4n) is 0. The van der Waals surface area contributed by atoms with Gasteiger partial charge in [0.15, 0.2) is 0 Å².